The van der Waals surface area contributed by atoms with E-state index in [4.69, 9.17) is 37.2 Å². The number of rotatable bonds is 6. The van der Waals surface area contributed by atoms with Crippen LogP contribution in [0.5, 0.6) is 0 Å². The Morgan fingerprint density at radius 3 is 2.18 bits per heavy atom. The molecule has 0 radical (unpaired) electrons. The summed E-state index contributed by atoms with van der Waals surface area (Å²) in [5.41, 5.74) is 4.98. The maximum atomic E-state index is 12.9. The first-order valence-electron chi connectivity index (χ1n) is 12.5. The zero-order valence-electron chi connectivity index (χ0n) is 21.8. The van der Waals surface area contributed by atoms with E-state index in [1.807, 2.05) is 58.0 Å². The standard InChI is InChI=1S/C29H29BCl2N2O4/c1-28(2)29(3,4)38-30(37-28)19(13-18-14-25(31)26(32)33-15-18)16-34-27(35)36-17-24-22-11-7-5-9-20(22)21-10-6-8-12-23(21)24/h5-15,24H,16-17H2,1-4H3,(H,34,35). The van der Waals surface area contributed by atoms with Crippen molar-refractivity contribution in [3.8, 4) is 11.1 Å². The van der Waals surface area contributed by atoms with Crippen molar-refractivity contribution in [1.29, 1.82) is 0 Å². The Morgan fingerprint density at radius 2 is 1.61 bits per heavy atom. The number of ether oxygens (including phenoxy) is 1. The lowest BCUT2D eigenvalue weighted by atomic mass is 9.77. The van der Waals surface area contributed by atoms with Crippen LogP contribution in [0.1, 0.15) is 50.3 Å². The molecule has 1 aliphatic carbocycles. The van der Waals surface area contributed by atoms with Crippen LogP contribution in [-0.2, 0) is 14.0 Å². The molecule has 1 aromatic heterocycles. The summed E-state index contributed by atoms with van der Waals surface area (Å²) in [5, 5.41) is 3.42. The maximum absolute atomic E-state index is 12.9. The number of carbonyl (C=O) groups excluding carboxylic acids is 1. The molecule has 1 amide bonds. The number of aromatic nitrogens is 1. The van der Waals surface area contributed by atoms with Gasteiger partial charge in [-0.25, -0.2) is 9.78 Å². The Labute approximate surface area is 233 Å². The highest BCUT2D eigenvalue weighted by atomic mass is 35.5. The predicted octanol–water partition coefficient (Wildman–Crippen LogP) is 6.94. The number of nitrogens with one attached hydrogen (secondary N) is 1. The van der Waals surface area contributed by atoms with Gasteiger partial charge in [-0.3, -0.25) is 0 Å². The van der Waals surface area contributed by atoms with Crippen molar-refractivity contribution in [3.05, 3.63) is 93.1 Å². The Hall–Kier alpha value is -2.84. The van der Waals surface area contributed by atoms with Gasteiger partial charge in [0.15, 0.2) is 0 Å². The van der Waals surface area contributed by atoms with E-state index >= 15 is 0 Å². The Morgan fingerprint density at radius 1 is 1.03 bits per heavy atom. The van der Waals surface area contributed by atoms with Gasteiger partial charge in [-0.15, -0.1) is 0 Å². The fourth-order valence-corrected chi connectivity index (χ4v) is 5.03. The number of hydrogen-bond acceptors (Lipinski definition) is 5. The molecule has 1 fully saturated rings. The van der Waals surface area contributed by atoms with Crippen LogP contribution in [0.2, 0.25) is 10.2 Å². The van der Waals surface area contributed by atoms with E-state index in [2.05, 4.69) is 34.6 Å². The lowest BCUT2D eigenvalue weighted by Crippen LogP contribution is -2.41. The fraction of sp³-hybridized carbons (Fsp3) is 0.310. The normalized spacial score (nSPS) is 17.7. The molecule has 2 heterocycles. The van der Waals surface area contributed by atoms with E-state index in [9.17, 15) is 4.79 Å². The van der Waals surface area contributed by atoms with Crippen LogP contribution in [0, 0.1) is 0 Å². The second-order valence-corrected chi connectivity index (χ2v) is 11.3. The number of nitrogens with zero attached hydrogens (tertiary/aromatic N) is 1. The molecule has 5 rings (SSSR count). The van der Waals surface area contributed by atoms with E-state index in [0.717, 1.165) is 11.1 Å². The largest absolute Gasteiger partial charge is 0.492 e. The van der Waals surface area contributed by atoms with Crippen molar-refractivity contribution in [2.24, 2.45) is 0 Å². The number of alkyl carbamates (subject to hydrolysis) is 1. The lowest BCUT2D eigenvalue weighted by molar-refractivity contribution is 0.00578. The van der Waals surface area contributed by atoms with Gasteiger partial charge in [0.2, 0.25) is 0 Å². The van der Waals surface area contributed by atoms with Gasteiger partial charge in [0, 0.05) is 18.7 Å². The van der Waals surface area contributed by atoms with E-state index < -0.39 is 24.4 Å². The van der Waals surface area contributed by atoms with Gasteiger partial charge in [-0.05, 0) is 67.1 Å². The molecule has 0 saturated carbocycles. The van der Waals surface area contributed by atoms with Crippen molar-refractivity contribution in [2.75, 3.05) is 13.2 Å². The Kier molecular flexibility index (Phi) is 7.31. The van der Waals surface area contributed by atoms with Crippen molar-refractivity contribution < 1.29 is 18.8 Å². The van der Waals surface area contributed by atoms with Gasteiger partial charge in [0.1, 0.15) is 11.8 Å². The monoisotopic (exact) mass is 550 g/mol. The van der Waals surface area contributed by atoms with Gasteiger partial charge in [0.25, 0.3) is 0 Å². The molecule has 2 aliphatic rings. The van der Waals surface area contributed by atoms with Crippen LogP contribution in [0.15, 0.2) is 66.3 Å². The molecular weight excluding hydrogens is 522 g/mol. The first kappa shape index (κ1) is 26.8. The minimum atomic E-state index is -0.677. The van der Waals surface area contributed by atoms with Crippen LogP contribution in [0.4, 0.5) is 4.79 Å². The number of amides is 1. The Balaban J connectivity index is 1.30. The van der Waals surface area contributed by atoms with E-state index in [-0.39, 0.29) is 24.2 Å². The summed E-state index contributed by atoms with van der Waals surface area (Å²) in [5.74, 6) is -0.0199. The molecular formula is C29H29BCl2N2O4. The highest BCUT2D eigenvalue weighted by Gasteiger charge is 2.52. The molecule has 6 nitrogen and oxygen atoms in total. The quantitative estimate of drug-likeness (QED) is 0.266. The summed E-state index contributed by atoms with van der Waals surface area (Å²) < 4.78 is 18.2. The van der Waals surface area contributed by atoms with Crippen molar-refractivity contribution >= 4 is 42.5 Å². The van der Waals surface area contributed by atoms with Crippen LogP contribution in [0.25, 0.3) is 17.2 Å². The third-order valence-corrected chi connectivity index (χ3v) is 8.19. The average Bonchev–Trinajstić information content (AvgIpc) is 3.31. The van der Waals surface area contributed by atoms with E-state index in [1.54, 1.807) is 12.3 Å². The molecule has 1 saturated heterocycles. The molecule has 2 aromatic carbocycles. The minimum absolute atomic E-state index is 0.0199. The van der Waals surface area contributed by atoms with Crippen LogP contribution in [-0.4, -0.2) is 42.5 Å². The molecule has 3 aromatic rings. The molecule has 0 spiro atoms. The highest BCUT2D eigenvalue weighted by Crippen LogP contribution is 2.44. The molecule has 9 heteroatoms. The summed E-state index contributed by atoms with van der Waals surface area (Å²) in [7, 11) is -0.677. The maximum Gasteiger partial charge on any atom is 0.492 e. The van der Waals surface area contributed by atoms with Gasteiger partial charge in [0.05, 0.1) is 16.2 Å². The Bertz CT molecular complexity index is 1350. The van der Waals surface area contributed by atoms with Crippen molar-refractivity contribution in [2.45, 2.75) is 44.8 Å². The van der Waals surface area contributed by atoms with Crippen LogP contribution >= 0.6 is 23.2 Å². The van der Waals surface area contributed by atoms with Gasteiger partial charge < -0.3 is 19.4 Å². The highest BCUT2D eigenvalue weighted by molar-refractivity contribution is 6.56. The predicted molar refractivity (Wildman–Crippen MR) is 151 cm³/mol. The number of hydrogen-bond donors (Lipinski definition) is 1. The van der Waals surface area contributed by atoms with Crippen molar-refractivity contribution in [1.82, 2.24) is 10.3 Å². The molecule has 38 heavy (non-hydrogen) atoms. The first-order chi connectivity index (χ1) is 18.1. The second-order valence-electron chi connectivity index (χ2n) is 10.5. The van der Waals surface area contributed by atoms with Crippen LogP contribution in [0.3, 0.4) is 0 Å². The van der Waals surface area contributed by atoms with Crippen molar-refractivity contribution in [3.63, 3.8) is 0 Å². The molecule has 196 valence electrons. The van der Waals surface area contributed by atoms with Gasteiger partial charge in [-0.2, -0.15) is 0 Å². The van der Waals surface area contributed by atoms with E-state index in [1.165, 1.54) is 11.1 Å². The smallest absolute Gasteiger partial charge is 0.449 e. The zero-order chi connectivity index (χ0) is 27.1. The summed E-state index contributed by atoms with van der Waals surface area (Å²) in [4.78, 5) is 17.0. The second kappa shape index (κ2) is 10.4. The number of halogens is 2. The topological polar surface area (TPSA) is 69.7 Å². The summed E-state index contributed by atoms with van der Waals surface area (Å²) in [6.07, 6.45) is 2.91. The molecule has 1 aliphatic heterocycles. The average molecular weight is 551 g/mol. The fourth-order valence-electron chi connectivity index (χ4n) is 4.75. The summed E-state index contributed by atoms with van der Waals surface area (Å²) >= 11 is 12.2. The molecule has 0 bridgehead atoms. The number of carbonyl (C=O) groups is 1. The minimum Gasteiger partial charge on any atom is -0.449 e. The third kappa shape index (κ3) is 5.21. The molecule has 0 atom stereocenters. The molecule has 0 unspecified atom stereocenters. The zero-order valence-corrected chi connectivity index (χ0v) is 23.3. The van der Waals surface area contributed by atoms with Gasteiger partial charge in [-0.1, -0.05) is 77.8 Å². The summed E-state index contributed by atoms with van der Waals surface area (Å²) in [6, 6.07) is 18.2. The SMILES string of the molecule is CC1(C)OB(C(=Cc2cnc(Cl)c(Cl)c2)CNC(=O)OCC2c3ccccc3-c3ccccc32)OC1(C)C. The summed E-state index contributed by atoms with van der Waals surface area (Å²) in [6.45, 7) is 8.28. The third-order valence-electron chi connectivity index (χ3n) is 7.51. The lowest BCUT2D eigenvalue weighted by Gasteiger charge is -2.32. The molecule has 1 N–H and O–H groups in total. The number of pyridine rings is 1. The first-order valence-corrected chi connectivity index (χ1v) is 13.3. The number of benzene rings is 2. The van der Waals surface area contributed by atoms with Gasteiger partial charge >= 0.3 is 13.2 Å². The van der Waals surface area contributed by atoms with Crippen LogP contribution < -0.4 is 5.32 Å². The van der Waals surface area contributed by atoms with E-state index in [0.29, 0.717) is 16.1 Å². The number of fused-ring (bicyclic) bond motifs is 3.